The molecule has 0 aliphatic carbocycles. The molecule has 0 saturated carbocycles. The molecular weight excluding hydrogens is 274 g/mol. The molecule has 4 heteroatoms. The van der Waals surface area contributed by atoms with Crippen LogP contribution in [0.2, 0.25) is 5.02 Å². The Balaban J connectivity index is 2.12. The van der Waals surface area contributed by atoms with Crippen molar-refractivity contribution in [2.75, 3.05) is 7.11 Å². The number of carbonyl (C=O) groups excluding carboxylic acids is 1. The minimum absolute atomic E-state index is 0.587. The summed E-state index contributed by atoms with van der Waals surface area (Å²) in [5, 5.41) is 1.60. The van der Waals surface area contributed by atoms with Gasteiger partial charge in [0.1, 0.15) is 5.75 Å². The van der Waals surface area contributed by atoms with Gasteiger partial charge < -0.3 is 4.74 Å². The lowest BCUT2D eigenvalue weighted by Crippen LogP contribution is -1.90. The number of carbonyl (C=O) groups is 1. The molecule has 3 aromatic rings. The molecule has 0 atom stereocenters. The second-order valence-electron chi connectivity index (χ2n) is 4.45. The molecule has 0 aliphatic heterocycles. The number of ether oxygens (including phenoxy) is 1. The summed E-state index contributed by atoms with van der Waals surface area (Å²) < 4.78 is 6.79. The highest BCUT2D eigenvalue weighted by molar-refractivity contribution is 6.32. The van der Waals surface area contributed by atoms with Crippen molar-refractivity contribution in [3.63, 3.8) is 0 Å². The average molecular weight is 286 g/mol. The molecule has 1 heterocycles. The first-order valence-electron chi connectivity index (χ1n) is 6.13. The Morgan fingerprint density at radius 3 is 2.60 bits per heavy atom. The van der Waals surface area contributed by atoms with E-state index < -0.39 is 0 Å². The number of methoxy groups -OCH3 is 1. The third kappa shape index (κ3) is 2.06. The van der Waals surface area contributed by atoms with Crippen molar-refractivity contribution in [1.29, 1.82) is 0 Å². The van der Waals surface area contributed by atoms with Crippen molar-refractivity contribution in [2.24, 2.45) is 0 Å². The zero-order valence-electron chi connectivity index (χ0n) is 10.8. The van der Waals surface area contributed by atoms with Crippen molar-refractivity contribution < 1.29 is 9.53 Å². The van der Waals surface area contributed by atoms with E-state index in [-0.39, 0.29) is 0 Å². The lowest BCUT2D eigenvalue weighted by molar-refractivity contribution is 0.415. The Labute approximate surface area is 121 Å². The van der Waals surface area contributed by atoms with Gasteiger partial charge in [-0.05, 0) is 41.5 Å². The predicted molar refractivity (Wildman–Crippen MR) is 81.1 cm³/mol. The van der Waals surface area contributed by atoms with Crippen LogP contribution in [0.15, 0.2) is 48.7 Å². The van der Waals surface area contributed by atoms with Gasteiger partial charge in [-0.3, -0.25) is 9.36 Å². The first-order valence-corrected chi connectivity index (χ1v) is 6.50. The van der Waals surface area contributed by atoms with E-state index in [9.17, 15) is 4.79 Å². The Morgan fingerprint density at radius 1 is 1.10 bits per heavy atom. The normalized spacial score (nSPS) is 10.7. The van der Waals surface area contributed by atoms with Crippen molar-refractivity contribution in [2.45, 2.75) is 0 Å². The predicted octanol–water partition coefficient (Wildman–Crippen LogP) is 4.01. The molecule has 0 saturated heterocycles. The van der Waals surface area contributed by atoms with Crippen LogP contribution in [0.5, 0.6) is 5.75 Å². The maximum absolute atomic E-state index is 10.9. The minimum Gasteiger partial charge on any atom is -0.495 e. The fourth-order valence-electron chi connectivity index (χ4n) is 2.27. The first-order chi connectivity index (χ1) is 9.72. The number of fused-ring (bicyclic) bond motifs is 1. The highest BCUT2D eigenvalue weighted by Crippen LogP contribution is 2.31. The van der Waals surface area contributed by atoms with E-state index in [1.165, 1.54) is 0 Å². The van der Waals surface area contributed by atoms with E-state index in [1.807, 2.05) is 42.5 Å². The Kier molecular flexibility index (Phi) is 3.20. The van der Waals surface area contributed by atoms with Gasteiger partial charge in [-0.25, -0.2) is 0 Å². The van der Waals surface area contributed by atoms with Crippen LogP contribution in [0.3, 0.4) is 0 Å². The summed E-state index contributed by atoms with van der Waals surface area (Å²) in [4.78, 5) is 10.9. The molecule has 1 aromatic heterocycles. The van der Waals surface area contributed by atoms with Gasteiger partial charge in [-0.1, -0.05) is 23.7 Å². The molecule has 0 unspecified atom stereocenters. The topological polar surface area (TPSA) is 31.2 Å². The molecule has 100 valence electrons. The molecule has 0 aliphatic rings. The molecule has 0 spiro atoms. The molecule has 0 fully saturated rings. The van der Waals surface area contributed by atoms with E-state index in [0.29, 0.717) is 10.8 Å². The van der Waals surface area contributed by atoms with E-state index in [1.54, 1.807) is 17.9 Å². The lowest BCUT2D eigenvalue weighted by Gasteiger charge is -2.07. The molecule has 2 aromatic carbocycles. The standard InChI is InChI=1S/C16H12ClNO2/c1-20-16-9-12(2-4-14(16)17)11-3-5-15-13(8-11)6-7-18(15)10-19/h2-10H,1H3. The van der Waals surface area contributed by atoms with Crippen molar-refractivity contribution >= 4 is 28.9 Å². The maximum Gasteiger partial charge on any atom is 0.218 e. The molecule has 0 bridgehead atoms. The quantitative estimate of drug-likeness (QED) is 0.681. The SMILES string of the molecule is COc1cc(-c2ccc3c(ccn3C=O)c2)ccc1Cl. The maximum atomic E-state index is 10.9. The van der Waals surface area contributed by atoms with E-state index in [0.717, 1.165) is 28.4 Å². The molecule has 3 nitrogen and oxygen atoms in total. The van der Waals surface area contributed by atoms with Crippen molar-refractivity contribution in [1.82, 2.24) is 4.57 Å². The van der Waals surface area contributed by atoms with Crippen LogP contribution >= 0.6 is 11.6 Å². The first kappa shape index (κ1) is 12.8. The van der Waals surface area contributed by atoms with Crippen LogP contribution in [-0.2, 0) is 4.79 Å². The molecular formula is C16H12ClNO2. The van der Waals surface area contributed by atoms with Crippen LogP contribution in [0.4, 0.5) is 0 Å². The summed E-state index contributed by atoms with van der Waals surface area (Å²) in [7, 11) is 1.60. The summed E-state index contributed by atoms with van der Waals surface area (Å²) in [6, 6.07) is 13.5. The lowest BCUT2D eigenvalue weighted by atomic mass is 10.0. The third-order valence-electron chi connectivity index (χ3n) is 3.32. The zero-order chi connectivity index (χ0) is 14.1. The van der Waals surface area contributed by atoms with Gasteiger partial charge in [0.15, 0.2) is 0 Å². The largest absolute Gasteiger partial charge is 0.495 e. The number of aromatic nitrogens is 1. The number of hydrogen-bond acceptors (Lipinski definition) is 2. The third-order valence-corrected chi connectivity index (χ3v) is 3.63. The highest BCUT2D eigenvalue weighted by atomic mass is 35.5. The monoisotopic (exact) mass is 285 g/mol. The fraction of sp³-hybridized carbons (Fsp3) is 0.0625. The van der Waals surface area contributed by atoms with Gasteiger partial charge in [0.05, 0.1) is 17.6 Å². The summed E-state index contributed by atoms with van der Waals surface area (Å²) in [5.74, 6) is 0.648. The Morgan fingerprint density at radius 2 is 1.85 bits per heavy atom. The average Bonchev–Trinajstić information content (AvgIpc) is 2.90. The summed E-state index contributed by atoms with van der Waals surface area (Å²) >= 11 is 6.03. The smallest absolute Gasteiger partial charge is 0.218 e. The second kappa shape index (κ2) is 5.02. The Bertz CT molecular complexity index is 792. The number of rotatable bonds is 3. The van der Waals surface area contributed by atoms with Gasteiger partial charge in [-0.2, -0.15) is 0 Å². The summed E-state index contributed by atoms with van der Waals surface area (Å²) in [6.45, 7) is 0. The zero-order valence-corrected chi connectivity index (χ0v) is 11.6. The molecule has 0 radical (unpaired) electrons. The number of halogens is 1. The molecule has 0 amide bonds. The Hall–Kier alpha value is -2.26. The van der Waals surface area contributed by atoms with Crippen LogP contribution in [0.1, 0.15) is 0 Å². The van der Waals surface area contributed by atoms with E-state index in [4.69, 9.17) is 16.3 Å². The van der Waals surface area contributed by atoms with Gasteiger partial charge in [0.2, 0.25) is 6.41 Å². The van der Waals surface area contributed by atoms with Crippen LogP contribution in [0, 0.1) is 0 Å². The molecule has 20 heavy (non-hydrogen) atoms. The molecule has 0 N–H and O–H groups in total. The highest BCUT2D eigenvalue weighted by Gasteiger charge is 2.06. The number of nitrogens with zero attached hydrogens (tertiary/aromatic N) is 1. The molecule has 3 rings (SSSR count). The van der Waals surface area contributed by atoms with Crippen molar-refractivity contribution in [3.8, 4) is 16.9 Å². The van der Waals surface area contributed by atoms with Crippen molar-refractivity contribution in [3.05, 3.63) is 53.7 Å². The summed E-state index contributed by atoms with van der Waals surface area (Å²) in [6.07, 6.45) is 2.55. The van der Waals surface area contributed by atoms with E-state index >= 15 is 0 Å². The fourth-order valence-corrected chi connectivity index (χ4v) is 2.47. The number of benzene rings is 2. The number of hydrogen-bond donors (Lipinski definition) is 0. The van der Waals surface area contributed by atoms with Crippen LogP contribution in [0.25, 0.3) is 22.0 Å². The summed E-state index contributed by atoms with van der Waals surface area (Å²) in [5.41, 5.74) is 2.97. The van der Waals surface area contributed by atoms with Crippen LogP contribution in [-0.4, -0.2) is 18.1 Å². The van der Waals surface area contributed by atoms with Gasteiger partial charge in [0, 0.05) is 11.6 Å². The van der Waals surface area contributed by atoms with Gasteiger partial charge in [-0.15, -0.1) is 0 Å². The van der Waals surface area contributed by atoms with Gasteiger partial charge in [0.25, 0.3) is 0 Å². The second-order valence-corrected chi connectivity index (χ2v) is 4.86. The van der Waals surface area contributed by atoms with Gasteiger partial charge >= 0.3 is 0 Å². The minimum atomic E-state index is 0.587. The van der Waals surface area contributed by atoms with E-state index in [2.05, 4.69) is 0 Å². The van der Waals surface area contributed by atoms with Crippen LogP contribution < -0.4 is 4.74 Å².